The molecule has 0 radical (unpaired) electrons. The fourth-order valence-electron chi connectivity index (χ4n) is 3.27. The van der Waals surface area contributed by atoms with Crippen LogP contribution >= 0.6 is 0 Å². The Morgan fingerprint density at radius 2 is 1.76 bits per heavy atom. The molecular formula is C21H32N2O2. The van der Waals surface area contributed by atoms with Gasteiger partial charge in [0.25, 0.3) is 5.91 Å². The van der Waals surface area contributed by atoms with Crippen molar-refractivity contribution in [3.63, 3.8) is 0 Å². The average Bonchev–Trinajstić information content (AvgIpc) is 3.33. The first-order valence-electron chi connectivity index (χ1n) is 9.39. The maximum absolute atomic E-state index is 12.7. The Morgan fingerprint density at radius 3 is 2.28 bits per heavy atom. The van der Waals surface area contributed by atoms with Gasteiger partial charge in [-0.1, -0.05) is 45.9 Å². The Bertz CT molecular complexity index is 618. The van der Waals surface area contributed by atoms with Crippen molar-refractivity contribution in [2.24, 2.45) is 17.3 Å². The van der Waals surface area contributed by atoms with Crippen LogP contribution in [0.15, 0.2) is 24.3 Å². The van der Waals surface area contributed by atoms with Crippen LogP contribution in [0.2, 0.25) is 0 Å². The SMILES string of the molecule is Cc1ccccc1C(=O)NC(CC(C)C)C(=O)NCC1(C(C)C)CC1. The summed E-state index contributed by atoms with van der Waals surface area (Å²) in [5.74, 6) is 0.650. The second-order valence-electron chi connectivity index (χ2n) is 8.21. The maximum Gasteiger partial charge on any atom is 0.252 e. The standard InChI is InChI=1S/C21H32N2O2/c1-14(2)12-18(20(25)22-13-21(10-11-21)15(3)4)23-19(24)17-9-7-6-8-16(17)5/h6-9,14-15,18H,10-13H2,1-5H3,(H,22,25)(H,23,24). The Morgan fingerprint density at radius 1 is 1.12 bits per heavy atom. The van der Waals surface area contributed by atoms with E-state index in [1.165, 1.54) is 12.8 Å². The quantitative estimate of drug-likeness (QED) is 0.755. The molecule has 0 saturated heterocycles. The number of aryl methyl sites for hydroxylation is 1. The molecule has 2 rings (SSSR count). The van der Waals surface area contributed by atoms with Crippen LogP contribution in [0, 0.1) is 24.2 Å². The molecule has 4 nitrogen and oxygen atoms in total. The van der Waals surface area contributed by atoms with Crippen LogP contribution in [0.25, 0.3) is 0 Å². The monoisotopic (exact) mass is 344 g/mol. The summed E-state index contributed by atoms with van der Waals surface area (Å²) < 4.78 is 0. The summed E-state index contributed by atoms with van der Waals surface area (Å²) in [5.41, 5.74) is 1.81. The number of hydrogen-bond acceptors (Lipinski definition) is 2. The van der Waals surface area contributed by atoms with Crippen molar-refractivity contribution in [2.45, 2.75) is 59.9 Å². The van der Waals surface area contributed by atoms with Gasteiger partial charge in [-0.2, -0.15) is 0 Å². The highest BCUT2D eigenvalue weighted by Crippen LogP contribution is 2.51. The van der Waals surface area contributed by atoms with Gasteiger partial charge in [-0.3, -0.25) is 9.59 Å². The highest BCUT2D eigenvalue weighted by Gasteiger charge is 2.45. The molecule has 138 valence electrons. The molecule has 1 aromatic carbocycles. The number of carbonyl (C=O) groups excluding carboxylic acids is 2. The van der Waals surface area contributed by atoms with Crippen LogP contribution < -0.4 is 10.6 Å². The number of amides is 2. The van der Waals surface area contributed by atoms with Crippen LogP contribution in [0.5, 0.6) is 0 Å². The van der Waals surface area contributed by atoms with Crippen molar-refractivity contribution in [3.8, 4) is 0 Å². The van der Waals surface area contributed by atoms with Crippen LogP contribution in [0.1, 0.15) is 62.9 Å². The van der Waals surface area contributed by atoms with Gasteiger partial charge in [0.05, 0.1) is 0 Å². The maximum atomic E-state index is 12.7. The van der Waals surface area contributed by atoms with E-state index in [1.54, 1.807) is 6.07 Å². The van der Waals surface area contributed by atoms with E-state index < -0.39 is 6.04 Å². The first kappa shape index (κ1) is 19.5. The third kappa shape index (κ3) is 5.07. The van der Waals surface area contributed by atoms with E-state index >= 15 is 0 Å². The molecule has 1 unspecified atom stereocenters. The van der Waals surface area contributed by atoms with E-state index in [2.05, 4.69) is 38.3 Å². The van der Waals surface area contributed by atoms with Crippen molar-refractivity contribution in [3.05, 3.63) is 35.4 Å². The summed E-state index contributed by atoms with van der Waals surface area (Å²) in [7, 11) is 0. The lowest BCUT2D eigenvalue weighted by atomic mass is 9.92. The summed E-state index contributed by atoms with van der Waals surface area (Å²) in [6, 6.07) is 6.97. The van der Waals surface area contributed by atoms with E-state index in [0.29, 0.717) is 30.4 Å². The molecule has 0 aliphatic heterocycles. The molecule has 1 atom stereocenters. The number of carbonyl (C=O) groups is 2. The molecule has 1 aliphatic rings. The Balaban J connectivity index is 2.01. The second kappa shape index (κ2) is 8.03. The molecule has 2 amide bonds. The molecule has 4 heteroatoms. The zero-order valence-corrected chi connectivity index (χ0v) is 16.2. The number of benzene rings is 1. The minimum Gasteiger partial charge on any atom is -0.354 e. The van der Waals surface area contributed by atoms with Crippen LogP contribution in [-0.2, 0) is 4.79 Å². The zero-order valence-electron chi connectivity index (χ0n) is 16.2. The van der Waals surface area contributed by atoms with E-state index in [1.807, 2.05) is 25.1 Å². The molecule has 0 bridgehead atoms. The van der Waals surface area contributed by atoms with Gasteiger partial charge in [-0.05, 0) is 55.1 Å². The predicted octanol–water partition coefficient (Wildman–Crippen LogP) is 3.69. The molecule has 0 heterocycles. The normalized spacial score (nSPS) is 16.6. The van der Waals surface area contributed by atoms with Crippen molar-refractivity contribution in [2.75, 3.05) is 6.54 Å². The van der Waals surface area contributed by atoms with Crippen molar-refractivity contribution >= 4 is 11.8 Å². The molecule has 1 aromatic rings. The predicted molar refractivity (Wildman–Crippen MR) is 101 cm³/mol. The average molecular weight is 344 g/mol. The molecule has 0 aromatic heterocycles. The van der Waals surface area contributed by atoms with Crippen LogP contribution in [0.3, 0.4) is 0 Å². The minimum atomic E-state index is -0.491. The van der Waals surface area contributed by atoms with Gasteiger partial charge in [0.1, 0.15) is 6.04 Å². The van der Waals surface area contributed by atoms with Gasteiger partial charge in [0, 0.05) is 12.1 Å². The molecular weight excluding hydrogens is 312 g/mol. The summed E-state index contributed by atoms with van der Waals surface area (Å²) >= 11 is 0. The molecule has 1 aliphatic carbocycles. The largest absolute Gasteiger partial charge is 0.354 e. The van der Waals surface area contributed by atoms with E-state index in [0.717, 1.165) is 5.56 Å². The first-order chi connectivity index (χ1) is 11.7. The van der Waals surface area contributed by atoms with Crippen LogP contribution in [0.4, 0.5) is 0 Å². The summed E-state index contributed by atoms with van der Waals surface area (Å²) in [5, 5.41) is 6.03. The van der Waals surface area contributed by atoms with Crippen molar-refractivity contribution in [1.82, 2.24) is 10.6 Å². The highest BCUT2D eigenvalue weighted by molar-refractivity contribution is 5.98. The van der Waals surface area contributed by atoms with E-state index in [4.69, 9.17) is 0 Å². The van der Waals surface area contributed by atoms with Gasteiger partial charge < -0.3 is 10.6 Å². The van der Waals surface area contributed by atoms with Crippen molar-refractivity contribution < 1.29 is 9.59 Å². The lowest BCUT2D eigenvalue weighted by Gasteiger charge is -2.24. The lowest BCUT2D eigenvalue weighted by molar-refractivity contribution is -0.123. The first-order valence-corrected chi connectivity index (χ1v) is 9.39. The Labute approximate surface area is 151 Å². The van der Waals surface area contributed by atoms with Gasteiger partial charge in [0.2, 0.25) is 5.91 Å². The van der Waals surface area contributed by atoms with Gasteiger partial charge >= 0.3 is 0 Å². The third-order valence-corrected chi connectivity index (χ3v) is 5.45. The van der Waals surface area contributed by atoms with Crippen LogP contribution in [-0.4, -0.2) is 24.4 Å². The number of nitrogens with one attached hydrogen (secondary N) is 2. The zero-order chi connectivity index (χ0) is 18.6. The summed E-state index contributed by atoms with van der Waals surface area (Å²) in [4.78, 5) is 25.3. The minimum absolute atomic E-state index is 0.0671. The number of hydrogen-bond donors (Lipinski definition) is 2. The smallest absolute Gasteiger partial charge is 0.252 e. The molecule has 25 heavy (non-hydrogen) atoms. The summed E-state index contributed by atoms with van der Waals surface area (Å²) in [6.07, 6.45) is 2.99. The van der Waals surface area contributed by atoms with Gasteiger partial charge in [-0.15, -0.1) is 0 Å². The Hall–Kier alpha value is -1.84. The van der Waals surface area contributed by atoms with E-state index in [-0.39, 0.29) is 17.2 Å². The number of rotatable bonds is 8. The Kier molecular flexibility index (Phi) is 6.26. The van der Waals surface area contributed by atoms with Gasteiger partial charge in [0.15, 0.2) is 0 Å². The third-order valence-electron chi connectivity index (χ3n) is 5.45. The fourth-order valence-corrected chi connectivity index (χ4v) is 3.27. The van der Waals surface area contributed by atoms with E-state index in [9.17, 15) is 9.59 Å². The fraction of sp³-hybridized carbons (Fsp3) is 0.619. The second-order valence-corrected chi connectivity index (χ2v) is 8.21. The highest BCUT2D eigenvalue weighted by atomic mass is 16.2. The lowest BCUT2D eigenvalue weighted by Crippen LogP contribution is -2.49. The molecule has 2 N–H and O–H groups in total. The molecule has 1 saturated carbocycles. The van der Waals surface area contributed by atoms with Crippen molar-refractivity contribution in [1.29, 1.82) is 0 Å². The van der Waals surface area contributed by atoms with Gasteiger partial charge in [-0.25, -0.2) is 0 Å². The molecule has 1 fully saturated rings. The molecule has 0 spiro atoms. The topological polar surface area (TPSA) is 58.2 Å². The summed E-state index contributed by atoms with van der Waals surface area (Å²) in [6.45, 7) is 11.2.